The van der Waals surface area contributed by atoms with Gasteiger partial charge in [0.1, 0.15) is 24.3 Å². The minimum absolute atomic E-state index is 0.0282. The first-order valence-corrected chi connectivity index (χ1v) is 10.4. The Labute approximate surface area is 176 Å². The summed E-state index contributed by atoms with van der Waals surface area (Å²) in [6.45, 7) is 0.919. The van der Waals surface area contributed by atoms with E-state index in [0.29, 0.717) is 25.6 Å². The number of anilines is 2. The van der Waals surface area contributed by atoms with Crippen molar-refractivity contribution in [3.63, 3.8) is 0 Å². The van der Waals surface area contributed by atoms with E-state index in [2.05, 4.69) is 9.98 Å². The Morgan fingerprint density at radius 1 is 1.19 bits per heavy atom. The van der Waals surface area contributed by atoms with E-state index in [9.17, 15) is 18.0 Å². The number of amidine groups is 1. The van der Waals surface area contributed by atoms with Gasteiger partial charge in [0.05, 0.1) is 25.8 Å². The zero-order valence-corrected chi connectivity index (χ0v) is 16.8. The fraction of sp³-hybridized carbons (Fsp3) is 0.684. The Kier molecular flexibility index (Phi) is 4.91. The standard InChI is InChI=1S/C19H23F3N6O3/c20-19(21,22)13-3-4-27-16(29)7-14-24-18(27)28(13)8-15(25-17(23)11-1-2-11)31-10-12-9-30-6-5-26(12)14/h7,11-13,23H,1-6,8-10H2/t12-,13-/m0/s1. The van der Waals surface area contributed by atoms with E-state index in [1.54, 1.807) is 0 Å². The number of rotatable bonds is 1. The molecule has 3 aliphatic heterocycles. The van der Waals surface area contributed by atoms with Gasteiger partial charge in [0, 0.05) is 25.1 Å². The molecule has 4 heterocycles. The number of fused-ring (bicyclic) bond motifs is 3. The summed E-state index contributed by atoms with van der Waals surface area (Å²) >= 11 is 0. The van der Waals surface area contributed by atoms with E-state index >= 15 is 0 Å². The first kappa shape index (κ1) is 20.3. The molecule has 0 amide bonds. The second-order valence-electron chi connectivity index (χ2n) is 8.28. The van der Waals surface area contributed by atoms with E-state index in [4.69, 9.17) is 14.9 Å². The lowest BCUT2D eigenvalue weighted by molar-refractivity contribution is -0.152. The van der Waals surface area contributed by atoms with Crippen LogP contribution in [-0.2, 0) is 16.0 Å². The highest BCUT2D eigenvalue weighted by Crippen LogP contribution is 2.35. The molecule has 4 aliphatic rings. The number of nitrogens with zero attached hydrogens (tertiary/aromatic N) is 5. The van der Waals surface area contributed by atoms with Gasteiger partial charge in [-0.3, -0.25) is 14.8 Å². The Balaban J connectivity index is 1.63. The lowest BCUT2D eigenvalue weighted by Gasteiger charge is -2.42. The average Bonchev–Trinajstić information content (AvgIpc) is 3.57. The van der Waals surface area contributed by atoms with Crippen LogP contribution in [-0.4, -0.2) is 72.5 Å². The summed E-state index contributed by atoms with van der Waals surface area (Å²) in [5.74, 6) is 0.458. The maximum Gasteiger partial charge on any atom is 0.408 e. The molecule has 9 nitrogen and oxygen atoms in total. The van der Waals surface area contributed by atoms with E-state index in [1.807, 2.05) is 4.90 Å². The van der Waals surface area contributed by atoms with Crippen molar-refractivity contribution in [3.05, 3.63) is 16.4 Å². The van der Waals surface area contributed by atoms with Gasteiger partial charge in [0.2, 0.25) is 11.8 Å². The first-order chi connectivity index (χ1) is 14.8. The molecule has 1 saturated heterocycles. The van der Waals surface area contributed by atoms with Crippen molar-refractivity contribution in [1.29, 1.82) is 5.41 Å². The van der Waals surface area contributed by atoms with Crippen LogP contribution in [0, 0.1) is 11.3 Å². The summed E-state index contributed by atoms with van der Waals surface area (Å²) in [5.41, 5.74) is -0.387. The predicted octanol–water partition coefficient (Wildman–Crippen LogP) is 1.41. The fourth-order valence-electron chi connectivity index (χ4n) is 4.25. The van der Waals surface area contributed by atoms with E-state index in [1.165, 1.54) is 10.6 Å². The molecule has 0 unspecified atom stereocenters. The smallest absolute Gasteiger partial charge is 0.408 e. The first-order valence-electron chi connectivity index (χ1n) is 10.4. The molecule has 31 heavy (non-hydrogen) atoms. The van der Waals surface area contributed by atoms with Gasteiger partial charge < -0.3 is 19.3 Å². The summed E-state index contributed by atoms with van der Waals surface area (Å²) in [6.07, 6.45) is -3.10. The maximum atomic E-state index is 13.9. The van der Waals surface area contributed by atoms with Gasteiger partial charge >= 0.3 is 6.18 Å². The molecule has 5 rings (SSSR count). The SMILES string of the molecule is N=C(N=C1CN2c3nc(cc(=O)n3CC[C@H]2C(F)(F)F)N2CCOC[C@H]2CO1)C1CC1. The van der Waals surface area contributed by atoms with E-state index in [0.717, 1.165) is 17.7 Å². The van der Waals surface area contributed by atoms with Crippen molar-refractivity contribution in [1.82, 2.24) is 9.55 Å². The molecule has 1 N–H and O–H groups in total. The van der Waals surface area contributed by atoms with Gasteiger partial charge in [-0.1, -0.05) is 0 Å². The van der Waals surface area contributed by atoms with Crippen molar-refractivity contribution >= 4 is 23.5 Å². The van der Waals surface area contributed by atoms with Gasteiger partial charge in [-0.25, -0.2) is 4.99 Å². The van der Waals surface area contributed by atoms with Crippen LogP contribution >= 0.6 is 0 Å². The maximum absolute atomic E-state index is 13.9. The second-order valence-corrected chi connectivity index (χ2v) is 8.28. The molecular formula is C19H23F3N6O3. The molecule has 0 radical (unpaired) electrons. The molecule has 168 valence electrons. The van der Waals surface area contributed by atoms with E-state index < -0.39 is 12.2 Å². The molecule has 1 aromatic rings. The number of aliphatic imine (C=N–C) groups is 1. The highest BCUT2D eigenvalue weighted by molar-refractivity contribution is 5.96. The lowest BCUT2D eigenvalue weighted by Crippen LogP contribution is -2.56. The minimum Gasteiger partial charge on any atom is -0.477 e. The highest BCUT2D eigenvalue weighted by atomic mass is 19.4. The van der Waals surface area contributed by atoms with Crippen molar-refractivity contribution in [2.75, 3.05) is 42.7 Å². The normalized spacial score (nSPS) is 27.5. The molecule has 1 aromatic heterocycles. The fourth-order valence-corrected chi connectivity index (χ4v) is 4.25. The number of alkyl halides is 3. The van der Waals surface area contributed by atoms with Crippen molar-refractivity contribution in [2.24, 2.45) is 10.9 Å². The van der Waals surface area contributed by atoms with Crippen LogP contribution in [0.5, 0.6) is 0 Å². The summed E-state index contributed by atoms with van der Waals surface area (Å²) in [5, 5.41) is 8.12. The molecular weight excluding hydrogens is 417 g/mol. The third-order valence-electron chi connectivity index (χ3n) is 6.09. The largest absolute Gasteiger partial charge is 0.477 e. The van der Waals surface area contributed by atoms with Crippen molar-refractivity contribution in [2.45, 2.75) is 44.1 Å². The van der Waals surface area contributed by atoms with Gasteiger partial charge in [0.15, 0.2) is 0 Å². The molecule has 0 spiro atoms. The van der Waals surface area contributed by atoms with Crippen LogP contribution < -0.4 is 15.4 Å². The molecule has 1 saturated carbocycles. The number of hydrogen-bond acceptors (Lipinski definition) is 7. The zero-order valence-electron chi connectivity index (χ0n) is 16.8. The van der Waals surface area contributed by atoms with Crippen LogP contribution in [0.15, 0.2) is 15.9 Å². The Hall–Kier alpha value is -2.63. The Morgan fingerprint density at radius 3 is 2.74 bits per heavy atom. The predicted molar refractivity (Wildman–Crippen MR) is 106 cm³/mol. The molecule has 2 fully saturated rings. The van der Waals surface area contributed by atoms with Gasteiger partial charge in [-0.15, -0.1) is 0 Å². The van der Waals surface area contributed by atoms with E-state index in [-0.39, 0.29) is 61.3 Å². The van der Waals surface area contributed by atoms with Crippen LogP contribution in [0.2, 0.25) is 0 Å². The van der Waals surface area contributed by atoms with Gasteiger partial charge in [0.25, 0.3) is 5.56 Å². The second kappa shape index (κ2) is 7.50. The van der Waals surface area contributed by atoms with Crippen LogP contribution in [0.1, 0.15) is 19.3 Å². The molecule has 12 heteroatoms. The monoisotopic (exact) mass is 440 g/mol. The number of morpholine rings is 1. The summed E-state index contributed by atoms with van der Waals surface area (Å²) in [4.78, 5) is 24.4. The lowest BCUT2D eigenvalue weighted by atomic mass is 10.1. The number of hydrogen-bond donors (Lipinski definition) is 1. The Bertz CT molecular complexity index is 974. The summed E-state index contributed by atoms with van der Waals surface area (Å²) in [7, 11) is 0. The number of ether oxygens (including phenoxy) is 2. The third kappa shape index (κ3) is 3.88. The minimum atomic E-state index is -4.51. The zero-order chi connectivity index (χ0) is 21.8. The number of halogens is 3. The quantitative estimate of drug-likeness (QED) is 0.524. The van der Waals surface area contributed by atoms with Gasteiger partial charge in [-0.05, 0) is 19.3 Å². The summed E-state index contributed by atoms with van der Waals surface area (Å²) < 4.78 is 54.4. The van der Waals surface area contributed by atoms with Gasteiger partial charge in [-0.2, -0.15) is 18.2 Å². The van der Waals surface area contributed by atoms with Crippen LogP contribution in [0.25, 0.3) is 0 Å². The molecule has 2 atom stereocenters. The topological polar surface area (TPSA) is 96.0 Å². The van der Waals surface area contributed by atoms with Crippen molar-refractivity contribution in [3.8, 4) is 0 Å². The molecule has 0 aromatic carbocycles. The number of nitrogens with one attached hydrogen (secondary N) is 1. The highest BCUT2D eigenvalue weighted by Gasteiger charge is 2.48. The van der Waals surface area contributed by atoms with Crippen LogP contribution in [0.3, 0.4) is 0 Å². The van der Waals surface area contributed by atoms with Crippen LogP contribution in [0.4, 0.5) is 24.9 Å². The molecule has 1 aliphatic carbocycles. The third-order valence-corrected chi connectivity index (χ3v) is 6.09. The summed E-state index contributed by atoms with van der Waals surface area (Å²) in [6, 6.07) is -0.719. The average molecular weight is 440 g/mol. The Morgan fingerprint density at radius 2 is 2.00 bits per heavy atom. The molecule has 2 bridgehead atoms. The van der Waals surface area contributed by atoms with Crippen molar-refractivity contribution < 1.29 is 22.6 Å². The number of aromatic nitrogens is 2.